The largest absolute Gasteiger partial charge is 0.484 e. The van der Waals surface area contributed by atoms with Crippen LogP contribution in [0.1, 0.15) is 32.3 Å². The van der Waals surface area contributed by atoms with E-state index in [1.54, 1.807) is 0 Å². The van der Waals surface area contributed by atoms with Gasteiger partial charge in [0.25, 0.3) is 5.91 Å². The van der Waals surface area contributed by atoms with Gasteiger partial charge in [0.05, 0.1) is 0 Å². The van der Waals surface area contributed by atoms with E-state index in [2.05, 4.69) is 24.5 Å². The fourth-order valence-electron chi connectivity index (χ4n) is 1.71. The zero-order valence-electron chi connectivity index (χ0n) is 11.6. The van der Waals surface area contributed by atoms with Crippen molar-refractivity contribution in [1.82, 2.24) is 10.6 Å². The van der Waals surface area contributed by atoms with E-state index >= 15 is 0 Å². The molecule has 104 valence electrons. The second kappa shape index (κ2) is 6.57. The molecule has 0 spiro atoms. The second-order valence-corrected chi connectivity index (χ2v) is 5.31. The number of amides is 1. The quantitative estimate of drug-likeness (QED) is 0.788. The van der Waals surface area contributed by atoms with Crippen LogP contribution < -0.4 is 15.4 Å². The second-order valence-electron chi connectivity index (χ2n) is 5.31. The molecule has 0 aromatic heterocycles. The van der Waals surface area contributed by atoms with E-state index in [1.165, 1.54) is 0 Å². The molecule has 4 nitrogen and oxygen atoms in total. The SMILES string of the molecule is CC(C)NCc1cccc(OCC(=O)NC2CC2)c1. The van der Waals surface area contributed by atoms with Crippen molar-refractivity contribution in [2.75, 3.05) is 6.61 Å². The first-order valence-electron chi connectivity index (χ1n) is 6.88. The normalized spacial score (nSPS) is 14.5. The van der Waals surface area contributed by atoms with Gasteiger partial charge in [-0.25, -0.2) is 0 Å². The number of carbonyl (C=O) groups is 1. The third kappa shape index (κ3) is 5.30. The maximum Gasteiger partial charge on any atom is 0.258 e. The molecule has 1 amide bonds. The van der Waals surface area contributed by atoms with Crippen LogP contribution in [0.5, 0.6) is 5.75 Å². The van der Waals surface area contributed by atoms with Gasteiger partial charge in [-0.15, -0.1) is 0 Å². The van der Waals surface area contributed by atoms with Crippen LogP contribution in [0.25, 0.3) is 0 Å². The van der Waals surface area contributed by atoms with Crippen molar-refractivity contribution in [1.29, 1.82) is 0 Å². The first kappa shape index (κ1) is 13.9. The van der Waals surface area contributed by atoms with E-state index in [4.69, 9.17) is 4.74 Å². The van der Waals surface area contributed by atoms with Crippen LogP contribution in [0.15, 0.2) is 24.3 Å². The fraction of sp³-hybridized carbons (Fsp3) is 0.533. The molecule has 1 saturated carbocycles. The Morgan fingerprint density at radius 2 is 2.21 bits per heavy atom. The van der Waals surface area contributed by atoms with Crippen LogP contribution in [-0.4, -0.2) is 24.6 Å². The lowest BCUT2D eigenvalue weighted by Crippen LogP contribution is -2.30. The molecule has 1 aliphatic carbocycles. The molecule has 19 heavy (non-hydrogen) atoms. The van der Waals surface area contributed by atoms with Crippen LogP contribution in [0.2, 0.25) is 0 Å². The highest BCUT2D eigenvalue weighted by atomic mass is 16.5. The highest BCUT2D eigenvalue weighted by molar-refractivity contribution is 5.78. The summed E-state index contributed by atoms with van der Waals surface area (Å²) in [6, 6.07) is 8.69. The van der Waals surface area contributed by atoms with E-state index in [-0.39, 0.29) is 12.5 Å². The Bertz CT molecular complexity index is 428. The van der Waals surface area contributed by atoms with Gasteiger partial charge >= 0.3 is 0 Å². The molecule has 2 N–H and O–H groups in total. The first-order valence-corrected chi connectivity index (χ1v) is 6.88. The van der Waals surface area contributed by atoms with E-state index in [9.17, 15) is 4.79 Å². The standard InChI is InChI=1S/C15H22N2O2/c1-11(2)16-9-12-4-3-5-14(8-12)19-10-15(18)17-13-6-7-13/h3-5,8,11,13,16H,6-7,9-10H2,1-2H3,(H,17,18). The van der Waals surface area contributed by atoms with E-state index < -0.39 is 0 Å². The van der Waals surface area contributed by atoms with Gasteiger partial charge in [0.15, 0.2) is 6.61 Å². The Labute approximate surface area is 114 Å². The molecule has 0 bridgehead atoms. The molecule has 1 fully saturated rings. The first-order chi connectivity index (χ1) is 9.13. The minimum Gasteiger partial charge on any atom is -0.484 e. The van der Waals surface area contributed by atoms with E-state index in [1.807, 2.05) is 24.3 Å². The average molecular weight is 262 g/mol. The summed E-state index contributed by atoms with van der Waals surface area (Å²) in [5.74, 6) is 0.710. The Kier molecular flexibility index (Phi) is 4.80. The number of nitrogens with one attached hydrogen (secondary N) is 2. The molecule has 1 aromatic rings. The lowest BCUT2D eigenvalue weighted by molar-refractivity contribution is -0.123. The lowest BCUT2D eigenvalue weighted by Gasteiger charge is -2.10. The van der Waals surface area contributed by atoms with Gasteiger partial charge in [-0.05, 0) is 30.5 Å². The highest BCUT2D eigenvalue weighted by Crippen LogP contribution is 2.18. The summed E-state index contributed by atoms with van der Waals surface area (Å²) in [6.07, 6.45) is 2.20. The van der Waals surface area contributed by atoms with Gasteiger partial charge in [0.1, 0.15) is 5.75 Å². The summed E-state index contributed by atoms with van der Waals surface area (Å²) in [6.45, 7) is 5.13. The lowest BCUT2D eigenvalue weighted by atomic mass is 10.2. The Morgan fingerprint density at radius 1 is 1.42 bits per heavy atom. The van der Waals surface area contributed by atoms with Crippen molar-refractivity contribution >= 4 is 5.91 Å². The summed E-state index contributed by atoms with van der Waals surface area (Å²) in [5.41, 5.74) is 1.16. The summed E-state index contributed by atoms with van der Waals surface area (Å²) in [4.78, 5) is 11.5. The van der Waals surface area contributed by atoms with Crippen molar-refractivity contribution in [2.45, 2.75) is 45.3 Å². The molecule has 0 unspecified atom stereocenters. The molecule has 1 aromatic carbocycles. The molecule has 0 atom stereocenters. The van der Waals surface area contributed by atoms with Gasteiger partial charge < -0.3 is 15.4 Å². The predicted octanol–water partition coefficient (Wildman–Crippen LogP) is 1.84. The van der Waals surface area contributed by atoms with Crippen molar-refractivity contribution in [3.05, 3.63) is 29.8 Å². The van der Waals surface area contributed by atoms with Crippen molar-refractivity contribution in [3.63, 3.8) is 0 Å². The Morgan fingerprint density at radius 3 is 2.89 bits per heavy atom. The van der Waals surface area contributed by atoms with E-state index in [0.717, 1.165) is 30.7 Å². The highest BCUT2D eigenvalue weighted by Gasteiger charge is 2.23. The predicted molar refractivity (Wildman–Crippen MR) is 75.1 cm³/mol. The van der Waals surface area contributed by atoms with Crippen molar-refractivity contribution in [2.24, 2.45) is 0 Å². The van der Waals surface area contributed by atoms with Crippen LogP contribution in [0.4, 0.5) is 0 Å². The van der Waals surface area contributed by atoms with Crippen LogP contribution in [0, 0.1) is 0 Å². The van der Waals surface area contributed by atoms with Crippen LogP contribution >= 0.6 is 0 Å². The Hall–Kier alpha value is -1.55. The van der Waals surface area contributed by atoms with E-state index in [0.29, 0.717) is 12.1 Å². The van der Waals surface area contributed by atoms with Gasteiger partial charge in [0.2, 0.25) is 0 Å². The summed E-state index contributed by atoms with van der Waals surface area (Å²) in [5, 5.41) is 6.26. The zero-order chi connectivity index (χ0) is 13.7. The maximum atomic E-state index is 11.5. The molecule has 0 saturated heterocycles. The molecule has 0 radical (unpaired) electrons. The minimum absolute atomic E-state index is 0.0341. The smallest absolute Gasteiger partial charge is 0.258 e. The van der Waals surface area contributed by atoms with Gasteiger partial charge in [0, 0.05) is 18.6 Å². The number of carbonyl (C=O) groups excluding carboxylic acids is 1. The molecule has 2 rings (SSSR count). The van der Waals surface area contributed by atoms with Gasteiger partial charge in [-0.2, -0.15) is 0 Å². The van der Waals surface area contributed by atoms with Crippen LogP contribution in [-0.2, 0) is 11.3 Å². The molecular weight excluding hydrogens is 240 g/mol. The summed E-state index contributed by atoms with van der Waals surface area (Å²) >= 11 is 0. The zero-order valence-corrected chi connectivity index (χ0v) is 11.6. The number of ether oxygens (including phenoxy) is 1. The monoisotopic (exact) mass is 262 g/mol. The minimum atomic E-state index is -0.0341. The van der Waals surface area contributed by atoms with Crippen LogP contribution in [0.3, 0.4) is 0 Å². The molecular formula is C15H22N2O2. The topological polar surface area (TPSA) is 50.4 Å². The average Bonchev–Trinajstić information content (AvgIpc) is 3.18. The number of hydrogen-bond acceptors (Lipinski definition) is 3. The summed E-state index contributed by atoms with van der Waals surface area (Å²) in [7, 11) is 0. The third-order valence-corrected chi connectivity index (χ3v) is 2.93. The van der Waals surface area contributed by atoms with Gasteiger partial charge in [-0.3, -0.25) is 4.79 Å². The third-order valence-electron chi connectivity index (χ3n) is 2.93. The Balaban J connectivity index is 1.78. The van der Waals surface area contributed by atoms with Crippen molar-refractivity contribution in [3.8, 4) is 5.75 Å². The molecule has 0 aliphatic heterocycles. The number of rotatable bonds is 7. The number of benzene rings is 1. The summed E-state index contributed by atoms with van der Waals surface area (Å²) < 4.78 is 5.50. The van der Waals surface area contributed by atoms with Gasteiger partial charge in [-0.1, -0.05) is 26.0 Å². The maximum absolute atomic E-state index is 11.5. The fourth-order valence-corrected chi connectivity index (χ4v) is 1.71. The number of hydrogen-bond donors (Lipinski definition) is 2. The molecule has 1 aliphatic rings. The molecule has 0 heterocycles. The molecule has 4 heteroatoms. The van der Waals surface area contributed by atoms with Crippen molar-refractivity contribution < 1.29 is 9.53 Å².